The van der Waals surface area contributed by atoms with Crippen LogP contribution in [-0.4, -0.2) is 26.3 Å². The van der Waals surface area contributed by atoms with Crippen LogP contribution in [0.3, 0.4) is 0 Å². The first kappa shape index (κ1) is 20.8. The highest BCUT2D eigenvalue weighted by atomic mass is 79.9. The molecule has 3 aromatic carbocycles. The van der Waals surface area contributed by atoms with Gasteiger partial charge in [0, 0.05) is 20.6 Å². The van der Waals surface area contributed by atoms with Gasteiger partial charge in [-0.15, -0.1) is 10.2 Å². The van der Waals surface area contributed by atoms with Crippen molar-refractivity contribution >= 4 is 45.1 Å². The Kier molecular flexibility index (Phi) is 6.67. The molecule has 4 aromatic rings. The molecule has 30 heavy (non-hydrogen) atoms. The maximum atomic E-state index is 12.6. The van der Waals surface area contributed by atoms with E-state index in [-0.39, 0.29) is 11.5 Å². The van der Waals surface area contributed by atoms with E-state index in [9.17, 15) is 4.79 Å². The highest BCUT2D eigenvalue weighted by Crippen LogP contribution is 2.27. The molecule has 0 bridgehead atoms. The number of nitrogens with zero attached hydrogens (tertiary/aromatic N) is 3. The van der Waals surface area contributed by atoms with Crippen LogP contribution in [0.4, 0.5) is 0 Å². The van der Waals surface area contributed by atoms with Crippen molar-refractivity contribution in [2.45, 2.75) is 11.7 Å². The quantitative estimate of drug-likeness (QED) is 0.219. The molecule has 1 heterocycles. The third kappa shape index (κ3) is 5.01. The van der Waals surface area contributed by atoms with E-state index >= 15 is 0 Å². The molecule has 7 heteroatoms. The SMILES string of the molecule is O=C(CSc1nnc(-c2ccc(Cl)cc2)n1Cc1ccccc1)c1ccc(Br)cc1. The Bertz CT molecular complexity index is 1150. The van der Waals surface area contributed by atoms with Gasteiger partial charge in [0.15, 0.2) is 16.8 Å². The van der Waals surface area contributed by atoms with Crippen molar-refractivity contribution in [1.82, 2.24) is 14.8 Å². The van der Waals surface area contributed by atoms with E-state index in [1.165, 1.54) is 11.8 Å². The van der Waals surface area contributed by atoms with Crippen molar-refractivity contribution in [3.8, 4) is 11.4 Å². The van der Waals surface area contributed by atoms with E-state index in [0.717, 1.165) is 21.4 Å². The molecule has 0 aliphatic carbocycles. The molecule has 0 aliphatic heterocycles. The molecule has 0 radical (unpaired) electrons. The summed E-state index contributed by atoms with van der Waals surface area (Å²) in [6, 6.07) is 25.0. The lowest BCUT2D eigenvalue weighted by atomic mass is 10.2. The summed E-state index contributed by atoms with van der Waals surface area (Å²) in [6.07, 6.45) is 0. The van der Waals surface area contributed by atoms with Crippen molar-refractivity contribution in [3.63, 3.8) is 0 Å². The maximum Gasteiger partial charge on any atom is 0.192 e. The Morgan fingerprint density at radius 1 is 0.933 bits per heavy atom. The molecule has 0 atom stereocenters. The second kappa shape index (κ2) is 9.60. The zero-order chi connectivity index (χ0) is 20.9. The van der Waals surface area contributed by atoms with Crippen LogP contribution in [0, 0.1) is 0 Å². The fourth-order valence-electron chi connectivity index (χ4n) is 2.97. The number of rotatable bonds is 7. The lowest BCUT2D eigenvalue weighted by molar-refractivity contribution is 0.102. The number of aromatic nitrogens is 3. The summed E-state index contributed by atoms with van der Waals surface area (Å²) in [6.45, 7) is 0.612. The van der Waals surface area contributed by atoms with Crippen molar-refractivity contribution in [3.05, 3.63) is 99.5 Å². The molecular weight excluding hydrogens is 482 g/mol. The van der Waals surface area contributed by atoms with E-state index in [2.05, 4.69) is 38.3 Å². The molecule has 4 rings (SSSR count). The van der Waals surface area contributed by atoms with Gasteiger partial charge < -0.3 is 0 Å². The van der Waals surface area contributed by atoms with Gasteiger partial charge in [0.25, 0.3) is 0 Å². The zero-order valence-corrected chi connectivity index (χ0v) is 19.0. The van der Waals surface area contributed by atoms with Gasteiger partial charge in [0.1, 0.15) is 0 Å². The van der Waals surface area contributed by atoms with E-state index in [4.69, 9.17) is 11.6 Å². The molecule has 0 saturated carbocycles. The highest BCUT2D eigenvalue weighted by Gasteiger charge is 2.17. The van der Waals surface area contributed by atoms with Gasteiger partial charge in [-0.05, 0) is 42.0 Å². The summed E-state index contributed by atoms with van der Waals surface area (Å²) in [5.74, 6) is 1.08. The van der Waals surface area contributed by atoms with E-state index in [1.54, 1.807) is 0 Å². The number of carbonyl (C=O) groups excluding carboxylic acids is 1. The monoisotopic (exact) mass is 497 g/mol. The molecule has 0 N–H and O–H groups in total. The van der Waals surface area contributed by atoms with Gasteiger partial charge in [-0.2, -0.15) is 0 Å². The summed E-state index contributed by atoms with van der Waals surface area (Å²) in [7, 11) is 0. The lowest BCUT2D eigenvalue weighted by Crippen LogP contribution is -2.07. The molecule has 0 aliphatic rings. The molecule has 150 valence electrons. The number of carbonyl (C=O) groups is 1. The summed E-state index contributed by atoms with van der Waals surface area (Å²) in [4.78, 5) is 12.6. The number of benzene rings is 3. The van der Waals surface area contributed by atoms with Crippen molar-refractivity contribution in [2.75, 3.05) is 5.75 Å². The largest absolute Gasteiger partial charge is 0.298 e. The Labute approximate surface area is 192 Å². The highest BCUT2D eigenvalue weighted by molar-refractivity contribution is 9.10. The first-order valence-corrected chi connectivity index (χ1v) is 11.4. The Balaban J connectivity index is 1.61. The predicted octanol–water partition coefficient (Wildman–Crippen LogP) is 6.38. The second-order valence-corrected chi connectivity index (χ2v) is 8.90. The molecule has 0 saturated heterocycles. The number of thioether (sulfide) groups is 1. The van der Waals surface area contributed by atoms with Crippen molar-refractivity contribution in [2.24, 2.45) is 0 Å². The van der Waals surface area contributed by atoms with Gasteiger partial charge in [-0.25, -0.2) is 0 Å². The summed E-state index contributed by atoms with van der Waals surface area (Å²) in [5.41, 5.74) is 2.74. The van der Waals surface area contributed by atoms with Crippen LogP contribution in [0.25, 0.3) is 11.4 Å². The molecule has 0 amide bonds. The fourth-order valence-corrected chi connectivity index (χ4v) is 4.19. The lowest BCUT2D eigenvalue weighted by Gasteiger charge is -2.10. The molecule has 1 aromatic heterocycles. The zero-order valence-electron chi connectivity index (χ0n) is 15.8. The fraction of sp³-hybridized carbons (Fsp3) is 0.0870. The van der Waals surface area contributed by atoms with Crippen molar-refractivity contribution < 1.29 is 4.79 Å². The van der Waals surface area contributed by atoms with Crippen LogP contribution in [0.5, 0.6) is 0 Å². The van der Waals surface area contributed by atoms with Crippen molar-refractivity contribution in [1.29, 1.82) is 0 Å². The maximum absolute atomic E-state index is 12.6. The van der Waals surface area contributed by atoms with Crippen LogP contribution >= 0.6 is 39.3 Å². The number of Topliss-reactive ketones (excluding diaryl/α,β-unsaturated/α-hetero) is 1. The van der Waals surface area contributed by atoms with Crippen LogP contribution in [-0.2, 0) is 6.54 Å². The Morgan fingerprint density at radius 3 is 2.33 bits per heavy atom. The minimum atomic E-state index is 0.0507. The minimum Gasteiger partial charge on any atom is -0.298 e. The molecule has 0 fully saturated rings. The minimum absolute atomic E-state index is 0.0507. The number of hydrogen-bond acceptors (Lipinski definition) is 4. The normalized spacial score (nSPS) is 10.9. The van der Waals surface area contributed by atoms with Crippen LogP contribution in [0.2, 0.25) is 5.02 Å². The van der Waals surface area contributed by atoms with Gasteiger partial charge in [-0.3, -0.25) is 9.36 Å². The first-order valence-electron chi connectivity index (χ1n) is 9.25. The summed E-state index contributed by atoms with van der Waals surface area (Å²) in [5, 5.41) is 10.2. The predicted molar refractivity (Wildman–Crippen MR) is 125 cm³/mol. The van der Waals surface area contributed by atoms with E-state index in [1.807, 2.05) is 71.3 Å². The Morgan fingerprint density at radius 2 is 1.63 bits per heavy atom. The number of halogens is 2. The van der Waals surface area contributed by atoms with Gasteiger partial charge >= 0.3 is 0 Å². The third-order valence-corrected chi connectivity index (χ3v) is 6.25. The number of ketones is 1. The van der Waals surface area contributed by atoms with Gasteiger partial charge in [0.2, 0.25) is 0 Å². The molecule has 4 nitrogen and oxygen atoms in total. The standard InChI is InChI=1S/C23H17BrClN3OS/c24-19-10-6-17(7-11-19)21(29)15-30-23-27-26-22(18-8-12-20(25)13-9-18)28(23)14-16-4-2-1-3-5-16/h1-13H,14-15H2. The Hall–Kier alpha value is -2.41. The smallest absolute Gasteiger partial charge is 0.192 e. The van der Waals surface area contributed by atoms with Crippen LogP contribution in [0.1, 0.15) is 15.9 Å². The van der Waals surface area contributed by atoms with E-state index in [0.29, 0.717) is 22.3 Å². The molecule has 0 spiro atoms. The average molecular weight is 499 g/mol. The van der Waals surface area contributed by atoms with Gasteiger partial charge in [0.05, 0.1) is 12.3 Å². The average Bonchev–Trinajstić information content (AvgIpc) is 3.16. The first-order chi connectivity index (χ1) is 14.6. The van der Waals surface area contributed by atoms with Crippen LogP contribution in [0.15, 0.2) is 88.5 Å². The molecule has 0 unspecified atom stereocenters. The van der Waals surface area contributed by atoms with Gasteiger partial charge in [-0.1, -0.05) is 81.8 Å². The second-order valence-electron chi connectivity index (χ2n) is 6.60. The van der Waals surface area contributed by atoms with E-state index < -0.39 is 0 Å². The molecular formula is C23H17BrClN3OS. The summed E-state index contributed by atoms with van der Waals surface area (Å²) < 4.78 is 2.99. The third-order valence-electron chi connectivity index (χ3n) is 4.50. The number of hydrogen-bond donors (Lipinski definition) is 0. The summed E-state index contributed by atoms with van der Waals surface area (Å²) >= 11 is 10.8. The van der Waals surface area contributed by atoms with Crippen LogP contribution < -0.4 is 0 Å². The topological polar surface area (TPSA) is 47.8 Å².